The van der Waals surface area contributed by atoms with Gasteiger partial charge in [-0.05, 0) is 36.8 Å². The molecule has 2 unspecified atom stereocenters. The Morgan fingerprint density at radius 1 is 1.06 bits per heavy atom. The van der Waals surface area contributed by atoms with Crippen LogP contribution in [-0.2, 0) is 24.2 Å². The zero-order chi connectivity index (χ0) is 22.8. The minimum absolute atomic E-state index is 0.179. The van der Waals surface area contributed by atoms with E-state index in [1.807, 2.05) is 48.5 Å². The number of benzene rings is 2. The van der Waals surface area contributed by atoms with Crippen LogP contribution in [0.15, 0.2) is 66.9 Å². The first kappa shape index (κ1) is 24.0. The molecule has 3 rings (SSSR count). The summed E-state index contributed by atoms with van der Waals surface area (Å²) in [5.74, 6) is 0.351. The van der Waals surface area contributed by atoms with Crippen LogP contribution in [-0.4, -0.2) is 28.3 Å². The maximum atomic E-state index is 12.5. The predicted octanol–water partition coefficient (Wildman–Crippen LogP) is 5.49. The first-order valence-corrected chi connectivity index (χ1v) is 12.0. The van der Waals surface area contributed by atoms with E-state index in [-0.39, 0.29) is 6.61 Å². The Bertz CT molecular complexity index is 944. The second-order valence-electron chi connectivity index (χ2n) is 8.28. The van der Waals surface area contributed by atoms with Gasteiger partial charge in [-0.25, -0.2) is 9.78 Å². The number of aromatic nitrogens is 1. The van der Waals surface area contributed by atoms with Crippen molar-refractivity contribution < 1.29 is 14.6 Å². The standard InChI is InChI=1S/C26H32N2O3S/c1-19(2)25-27-17-22(32-25)18-31-26(30)28-23(16-21-12-7-4-8-13-21)24(29)15-9-14-20-10-5-3-6-11-20/h3-8,10-13,17,19,23-24,29H,9,14-16,18H2,1-2H3,(H,28,30). The van der Waals surface area contributed by atoms with Gasteiger partial charge in [-0.3, -0.25) is 0 Å². The van der Waals surface area contributed by atoms with E-state index in [0.29, 0.717) is 18.8 Å². The highest BCUT2D eigenvalue weighted by Crippen LogP contribution is 2.21. The lowest BCUT2D eigenvalue weighted by Crippen LogP contribution is -2.45. The van der Waals surface area contributed by atoms with Gasteiger partial charge in [-0.2, -0.15) is 0 Å². The summed E-state index contributed by atoms with van der Waals surface area (Å²) >= 11 is 1.55. The lowest BCUT2D eigenvalue weighted by atomic mass is 9.96. The smallest absolute Gasteiger partial charge is 0.407 e. The van der Waals surface area contributed by atoms with Gasteiger partial charge in [0.05, 0.1) is 22.0 Å². The van der Waals surface area contributed by atoms with E-state index in [9.17, 15) is 9.90 Å². The average Bonchev–Trinajstić information content (AvgIpc) is 3.28. The fourth-order valence-electron chi connectivity index (χ4n) is 3.50. The minimum atomic E-state index is -0.664. The SMILES string of the molecule is CC(C)c1ncc(COC(=O)NC(Cc2ccccc2)C(O)CCCc2ccccc2)s1. The van der Waals surface area contributed by atoms with E-state index in [4.69, 9.17) is 4.74 Å². The van der Waals surface area contributed by atoms with Crippen molar-refractivity contribution in [1.82, 2.24) is 10.3 Å². The van der Waals surface area contributed by atoms with Gasteiger partial charge in [0.2, 0.25) is 0 Å². The fourth-order valence-corrected chi connectivity index (χ4v) is 4.33. The Morgan fingerprint density at radius 3 is 2.34 bits per heavy atom. The number of aliphatic hydroxyl groups is 1. The highest BCUT2D eigenvalue weighted by atomic mass is 32.1. The highest BCUT2D eigenvalue weighted by Gasteiger charge is 2.22. The summed E-state index contributed by atoms with van der Waals surface area (Å²) in [5, 5.41) is 14.8. The van der Waals surface area contributed by atoms with E-state index in [1.165, 1.54) is 5.56 Å². The predicted molar refractivity (Wildman–Crippen MR) is 129 cm³/mol. The largest absolute Gasteiger partial charge is 0.444 e. The Labute approximate surface area is 194 Å². The summed E-state index contributed by atoms with van der Waals surface area (Å²) in [5.41, 5.74) is 2.31. The molecule has 0 aliphatic carbocycles. The summed E-state index contributed by atoms with van der Waals surface area (Å²) in [6, 6.07) is 19.7. The highest BCUT2D eigenvalue weighted by molar-refractivity contribution is 7.11. The normalized spacial score (nSPS) is 13.0. The van der Waals surface area contributed by atoms with Crippen molar-refractivity contribution in [1.29, 1.82) is 0 Å². The summed E-state index contributed by atoms with van der Waals surface area (Å²) in [7, 11) is 0. The summed E-state index contributed by atoms with van der Waals surface area (Å²) in [6.45, 7) is 4.35. The van der Waals surface area contributed by atoms with Crippen LogP contribution < -0.4 is 5.32 Å². The van der Waals surface area contributed by atoms with Crippen LogP contribution in [0, 0.1) is 0 Å². The number of ether oxygens (including phenoxy) is 1. The summed E-state index contributed by atoms with van der Waals surface area (Å²) in [4.78, 5) is 17.8. The van der Waals surface area contributed by atoms with Crippen LogP contribution in [0.1, 0.15) is 53.6 Å². The quantitative estimate of drug-likeness (QED) is 0.404. The average molecular weight is 453 g/mol. The van der Waals surface area contributed by atoms with Crippen LogP contribution >= 0.6 is 11.3 Å². The Morgan fingerprint density at radius 2 is 1.72 bits per heavy atom. The van der Waals surface area contributed by atoms with Gasteiger partial charge >= 0.3 is 6.09 Å². The topological polar surface area (TPSA) is 71.5 Å². The van der Waals surface area contributed by atoms with Crippen molar-refractivity contribution in [2.45, 2.75) is 64.2 Å². The molecule has 1 amide bonds. The maximum Gasteiger partial charge on any atom is 0.407 e. The van der Waals surface area contributed by atoms with Crippen LogP contribution in [0.25, 0.3) is 0 Å². The third-order valence-electron chi connectivity index (χ3n) is 5.29. The second kappa shape index (κ2) is 12.4. The number of carbonyl (C=O) groups excluding carboxylic acids is 1. The van der Waals surface area contributed by atoms with Crippen molar-refractivity contribution in [3.05, 3.63) is 87.9 Å². The molecule has 2 atom stereocenters. The van der Waals surface area contributed by atoms with E-state index in [2.05, 4.69) is 36.3 Å². The Balaban J connectivity index is 1.55. The van der Waals surface area contributed by atoms with Crippen molar-refractivity contribution in [3.63, 3.8) is 0 Å². The molecule has 32 heavy (non-hydrogen) atoms. The van der Waals surface area contributed by atoms with Crippen molar-refractivity contribution >= 4 is 17.4 Å². The molecule has 0 bridgehead atoms. The number of thiazole rings is 1. The molecule has 6 heteroatoms. The number of hydrogen-bond donors (Lipinski definition) is 2. The molecule has 0 radical (unpaired) electrons. The van der Waals surface area contributed by atoms with Gasteiger partial charge < -0.3 is 15.2 Å². The van der Waals surface area contributed by atoms with Crippen molar-refractivity contribution in [2.24, 2.45) is 0 Å². The number of aliphatic hydroxyl groups excluding tert-OH is 1. The molecule has 1 aromatic heterocycles. The lowest BCUT2D eigenvalue weighted by Gasteiger charge is -2.24. The van der Waals surface area contributed by atoms with Gasteiger partial charge in [-0.1, -0.05) is 74.5 Å². The first-order valence-electron chi connectivity index (χ1n) is 11.1. The molecule has 2 N–H and O–H groups in total. The maximum absolute atomic E-state index is 12.5. The number of hydrogen-bond acceptors (Lipinski definition) is 5. The molecule has 3 aromatic rings. The molecular weight excluding hydrogens is 420 g/mol. The van der Waals surface area contributed by atoms with Crippen molar-refractivity contribution in [3.8, 4) is 0 Å². The van der Waals surface area contributed by atoms with Crippen LogP contribution in [0.5, 0.6) is 0 Å². The zero-order valence-electron chi connectivity index (χ0n) is 18.7. The van der Waals surface area contributed by atoms with Gasteiger partial charge in [0, 0.05) is 12.1 Å². The molecule has 5 nitrogen and oxygen atoms in total. The molecule has 1 heterocycles. The van der Waals surface area contributed by atoms with E-state index in [0.717, 1.165) is 28.3 Å². The fraction of sp³-hybridized carbons (Fsp3) is 0.385. The van der Waals surface area contributed by atoms with Crippen LogP contribution in [0.2, 0.25) is 0 Å². The van der Waals surface area contributed by atoms with Gasteiger partial charge in [0.1, 0.15) is 6.61 Å². The van der Waals surface area contributed by atoms with E-state index >= 15 is 0 Å². The summed E-state index contributed by atoms with van der Waals surface area (Å²) in [6.07, 6.45) is 3.44. The molecule has 170 valence electrons. The number of amides is 1. The number of nitrogens with one attached hydrogen (secondary N) is 1. The number of alkyl carbamates (subject to hydrolysis) is 1. The molecule has 0 saturated carbocycles. The lowest BCUT2D eigenvalue weighted by molar-refractivity contribution is 0.0956. The van der Waals surface area contributed by atoms with Gasteiger partial charge in [0.25, 0.3) is 0 Å². The second-order valence-corrected chi connectivity index (χ2v) is 9.43. The molecular formula is C26H32N2O3S. The molecule has 0 fully saturated rings. The minimum Gasteiger partial charge on any atom is -0.444 e. The number of carbonyl (C=O) groups is 1. The summed E-state index contributed by atoms with van der Waals surface area (Å²) < 4.78 is 5.42. The van der Waals surface area contributed by atoms with Gasteiger partial charge in [-0.15, -0.1) is 11.3 Å². The molecule has 0 aliphatic heterocycles. The monoisotopic (exact) mass is 452 g/mol. The number of aryl methyl sites for hydroxylation is 1. The molecule has 0 aliphatic rings. The van der Waals surface area contributed by atoms with E-state index in [1.54, 1.807) is 17.5 Å². The van der Waals surface area contributed by atoms with Gasteiger partial charge in [0.15, 0.2) is 0 Å². The van der Waals surface area contributed by atoms with E-state index < -0.39 is 18.2 Å². The number of nitrogens with zero attached hydrogens (tertiary/aromatic N) is 1. The Hall–Kier alpha value is -2.70. The first-order chi connectivity index (χ1) is 15.5. The molecule has 0 saturated heterocycles. The number of rotatable bonds is 11. The third-order valence-corrected chi connectivity index (χ3v) is 6.56. The third kappa shape index (κ3) is 7.77. The van der Waals surface area contributed by atoms with Crippen LogP contribution in [0.4, 0.5) is 4.79 Å². The molecule has 2 aromatic carbocycles. The van der Waals surface area contributed by atoms with Crippen LogP contribution in [0.3, 0.4) is 0 Å². The Kier molecular flexibility index (Phi) is 9.26. The van der Waals surface area contributed by atoms with Crippen molar-refractivity contribution in [2.75, 3.05) is 0 Å². The zero-order valence-corrected chi connectivity index (χ0v) is 19.6. The molecule has 0 spiro atoms.